The van der Waals surface area contributed by atoms with Gasteiger partial charge >= 0.3 is 6.03 Å². The number of aromatic nitrogens is 1. The zero-order valence-electron chi connectivity index (χ0n) is 17.1. The van der Waals surface area contributed by atoms with Crippen LogP contribution < -0.4 is 25.8 Å². The van der Waals surface area contributed by atoms with E-state index in [1.54, 1.807) is 0 Å². The molecular weight excluding hydrogens is 462 g/mol. The van der Waals surface area contributed by atoms with Gasteiger partial charge in [0.25, 0.3) is 5.91 Å². The molecule has 12 heteroatoms. The van der Waals surface area contributed by atoms with Crippen molar-refractivity contribution in [1.82, 2.24) is 10.3 Å². The van der Waals surface area contributed by atoms with Gasteiger partial charge in [-0.3, -0.25) is 9.78 Å². The molecule has 3 amide bonds. The third kappa shape index (κ3) is 4.45. The molecule has 0 bridgehead atoms. The number of hydrogen-bond donors (Lipinski definition) is 3. The predicted molar refractivity (Wildman–Crippen MR) is 115 cm³/mol. The fourth-order valence-corrected chi connectivity index (χ4v) is 3.32. The van der Waals surface area contributed by atoms with E-state index in [0.29, 0.717) is 18.7 Å². The molecule has 1 fully saturated rings. The van der Waals surface area contributed by atoms with Crippen LogP contribution in [0.15, 0.2) is 30.5 Å². The highest BCUT2D eigenvalue weighted by Gasteiger charge is 2.24. The maximum atomic E-state index is 14.9. The molecular formula is C21H17ClF2N4O5. The number of primary amides is 1. The first kappa shape index (κ1) is 22.5. The summed E-state index contributed by atoms with van der Waals surface area (Å²) in [5.41, 5.74) is 5.47. The Morgan fingerprint density at radius 1 is 1.24 bits per heavy atom. The molecule has 1 saturated heterocycles. The van der Waals surface area contributed by atoms with E-state index in [-0.39, 0.29) is 34.2 Å². The van der Waals surface area contributed by atoms with E-state index in [1.807, 2.05) is 0 Å². The molecule has 2 heterocycles. The Kier molecular flexibility index (Phi) is 6.16. The largest absolute Gasteiger partial charge is 0.496 e. The highest BCUT2D eigenvalue weighted by Crippen LogP contribution is 2.39. The van der Waals surface area contributed by atoms with Crippen LogP contribution in [0.5, 0.6) is 17.2 Å². The van der Waals surface area contributed by atoms with Crippen molar-refractivity contribution in [3.8, 4) is 17.2 Å². The fraction of sp³-hybridized carbons (Fsp3) is 0.190. The number of nitrogens with one attached hydrogen (secondary N) is 2. The van der Waals surface area contributed by atoms with Crippen molar-refractivity contribution in [1.29, 1.82) is 0 Å². The van der Waals surface area contributed by atoms with Crippen molar-refractivity contribution >= 4 is 40.1 Å². The highest BCUT2D eigenvalue weighted by atomic mass is 35.5. The normalized spacial score (nSPS) is 13.3. The summed E-state index contributed by atoms with van der Waals surface area (Å²) in [5, 5.41) is 4.56. The first-order chi connectivity index (χ1) is 15.8. The first-order valence-electron chi connectivity index (χ1n) is 9.55. The molecule has 0 aliphatic carbocycles. The molecule has 2 aromatic carbocycles. The Balaban J connectivity index is 1.67. The van der Waals surface area contributed by atoms with E-state index in [9.17, 15) is 18.4 Å². The van der Waals surface area contributed by atoms with Crippen LogP contribution in [0, 0.1) is 11.6 Å². The highest BCUT2D eigenvalue weighted by molar-refractivity contribution is 6.34. The minimum atomic E-state index is -1.23. The van der Waals surface area contributed by atoms with Crippen LogP contribution in [0.4, 0.5) is 19.3 Å². The Morgan fingerprint density at radius 3 is 2.64 bits per heavy atom. The van der Waals surface area contributed by atoms with Gasteiger partial charge < -0.3 is 30.6 Å². The molecule has 1 aliphatic heterocycles. The molecule has 0 saturated carbocycles. The van der Waals surface area contributed by atoms with Crippen molar-refractivity contribution in [2.45, 2.75) is 6.04 Å². The monoisotopic (exact) mass is 478 g/mol. The number of carbonyl (C=O) groups excluding carboxylic acids is 2. The van der Waals surface area contributed by atoms with Gasteiger partial charge in [-0.05, 0) is 12.1 Å². The maximum Gasteiger partial charge on any atom is 0.319 e. The molecule has 1 aromatic heterocycles. The second-order valence-corrected chi connectivity index (χ2v) is 7.42. The molecule has 4 rings (SSSR count). The predicted octanol–water partition coefficient (Wildman–Crippen LogP) is 3.59. The van der Waals surface area contributed by atoms with Crippen molar-refractivity contribution in [3.63, 3.8) is 0 Å². The number of nitrogens with zero attached hydrogens (tertiary/aromatic N) is 1. The van der Waals surface area contributed by atoms with E-state index in [2.05, 4.69) is 15.6 Å². The average Bonchev–Trinajstić information content (AvgIpc) is 2.76. The number of pyridine rings is 1. The van der Waals surface area contributed by atoms with Crippen LogP contribution >= 0.6 is 11.6 Å². The van der Waals surface area contributed by atoms with Gasteiger partial charge in [0.1, 0.15) is 16.5 Å². The van der Waals surface area contributed by atoms with Crippen LogP contribution in [0.2, 0.25) is 5.02 Å². The number of ether oxygens (including phenoxy) is 3. The maximum absolute atomic E-state index is 14.9. The molecule has 0 atom stereocenters. The number of amides is 3. The number of carbonyl (C=O) groups is 2. The second-order valence-electron chi connectivity index (χ2n) is 7.04. The SMILES string of the molecule is COc1cc2nccc(Oc3c(F)cc(NC(=O)NC4COC4)c(Cl)c3F)c2cc1C(N)=O. The summed E-state index contributed by atoms with van der Waals surface area (Å²) in [6.45, 7) is 0.694. The third-order valence-corrected chi connectivity index (χ3v) is 5.21. The topological polar surface area (TPSA) is 125 Å². The van der Waals surface area contributed by atoms with Gasteiger partial charge in [-0.15, -0.1) is 0 Å². The average molecular weight is 479 g/mol. The third-order valence-electron chi connectivity index (χ3n) is 4.84. The Morgan fingerprint density at radius 2 is 2.00 bits per heavy atom. The number of benzene rings is 2. The fourth-order valence-electron chi connectivity index (χ4n) is 3.13. The second kappa shape index (κ2) is 9.04. The van der Waals surface area contributed by atoms with E-state index < -0.39 is 34.3 Å². The van der Waals surface area contributed by atoms with Crippen LogP contribution in [-0.4, -0.2) is 43.3 Å². The van der Waals surface area contributed by atoms with Crippen molar-refractivity contribution in [2.24, 2.45) is 5.73 Å². The van der Waals surface area contributed by atoms with Gasteiger partial charge in [0.05, 0.1) is 43.1 Å². The Bertz CT molecular complexity index is 1270. The minimum absolute atomic E-state index is 0.0116. The zero-order chi connectivity index (χ0) is 23.7. The number of nitrogens with two attached hydrogens (primary N) is 1. The lowest BCUT2D eigenvalue weighted by atomic mass is 10.1. The number of urea groups is 1. The van der Waals surface area contributed by atoms with Gasteiger partial charge in [-0.1, -0.05) is 11.6 Å². The molecule has 3 aromatic rings. The standard InChI is InChI=1S/C21H17ClF2N4O5/c1-31-16-6-13-10(4-11(16)20(25)29)15(2-3-26-13)33-19-12(23)5-14(17(22)18(19)24)28-21(30)27-9-7-32-8-9/h2-6,9H,7-8H2,1H3,(H2,25,29)(H2,27,28,30). The summed E-state index contributed by atoms with van der Waals surface area (Å²) in [7, 11) is 1.36. The number of fused-ring (bicyclic) bond motifs is 1. The number of anilines is 1. The van der Waals surface area contributed by atoms with Crippen molar-refractivity contribution in [2.75, 3.05) is 25.6 Å². The number of methoxy groups -OCH3 is 1. The van der Waals surface area contributed by atoms with Gasteiger partial charge in [0.2, 0.25) is 0 Å². The smallest absolute Gasteiger partial charge is 0.319 e. The lowest BCUT2D eigenvalue weighted by molar-refractivity contribution is 0.000734. The Hall–Kier alpha value is -3.70. The quantitative estimate of drug-likeness (QED) is 0.465. The van der Waals surface area contributed by atoms with E-state index in [4.69, 9.17) is 31.5 Å². The van der Waals surface area contributed by atoms with Gasteiger partial charge in [0.15, 0.2) is 17.4 Å². The summed E-state index contributed by atoms with van der Waals surface area (Å²) >= 11 is 6.01. The van der Waals surface area contributed by atoms with Gasteiger partial charge in [-0.25, -0.2) is 13.6 Å². The summed E-state index contributed by atoms with van der Waals surface area (Å²) in [6, 6.07) is 4.10. The van der Waals surface area contributed by atoms with Crippen LogP contribution in [0.3, 0.4) is 0 Å². The molecule has 1 aliphatic rings. The lowest BCUT2D eigenvalue weighted by Crippen LogP contribution is -2.50. The number of rotatable bonds is 6. The molecule has 4 N–H and O–H groups in total. The van der Waals surface area contributed by atoms with Gasteiger partial charge in [0, 0.05) is 23.7 Å². The minimum Gasteiger partial charge on any atom is -0.496 e. The van der Waals surface area contributed by atoms with Crippen molar-refractivity contribution < 1.29 is 32.6 Å². The van der Waals surface area contributed by atoms with Gasteiger partial charge in [-0.2, -0.15) is 0 Å². The molecule has 33 heavy (non-hydrogen) atoms. The summed E-state index contributed by atoms with van der Waals surface area (Å²) in [5.74, 6) is -3.75. The van der Waals surface area contributed by atoms with Crippen molar-refractivity contribution in [3.05, 3.63) is 52.7 Å². The number of halogens is 3. The molecule has 0 unspecified atom stereocenters. The zero-order valence-corrected chi connectivity index (χ0v) is 17.8. The molecule has 9 nitrogen and oxygen atoms in total. The molecule has 172 valence electrons. The van der Waals surface area contributed by atoms with Crippen LogP contribution in [0.25, 0.3) is 10.9 Å². The van der Waals surface area contributed by atoms with E-state index in [1.165, 1.54) is 31.5 Å². The van der Waals surface area contributed by atoms with E-state index >= 15 is 0 Å². The van der Waals surface area contributed by atoms with Crippen LogP contribution in [0.1, 0.15) is 10.4 Å². The lowest BCUT2D eigenvalue weighted by Gasteiger charge is -2.26. The molecule has 0 radical (unpaired) electrons. The molecule has 0 spiro atoms. The number of hydrogen-bond acceptors (Lipinski definition) is 6. The summed E-state index contributed by atoms with van der Waals surface area (Å²) < 4.78 is 45.3. The van der Waals surface area contributed by atoms with Crippen LogP contribution in [-0.2, 0) is 4.74 Å². The Labute approximate surface area is 190 Å². The summed E-state index contributed by atoms with van der Waals surface area (Å²) in [4.78, 5) is 27.9. The van der Waals surface area contributed by atoms with E-state index in [0.717, 1.165) is 6.07 Å². The summed E-state index contributed by atoms with van der Waals surface area (Å²) in [6.07, 6.45) is 1.35. The first-order valence-corrected chi connectivity index (χ1v) is 9.93.